The molecule has 0 aliphatic carbocycles. The van der Waals surface area contributed by atoms with E-state index in [-0.39, 0.29) is 23.9 Å². The lowest BCUT2D eigenvalue weighted by Crippen LogP contribution is -2.15. The molecule has 0 heterocycles. The average Bonchev–Trinajstić information content (AvgIpc) is 2.42. The zero-order valence-corrected chi connectivity index (χ0v) is 13.3. The molecule has 1 aromatic rings. The van der Waals surface area contributed by atoms with E-state index in [4.69, 9.17) is 9.47 Å². The second-order valence-corrected chi connectivity index (χ2v) is 6.54. The second-order valence-electron chi connectivity index (χ2n) is 4.50. The van der Waals surface area contributed by atoms with E-state index in [0.717, 1.165) is 0 Å². The molecule has 0 radical (unpaired) electrons. The minimum absolute atomic E-state index is 0.0900. The van der Waals surface area contributed by atoms with Gasteiger partial charge < -0.3 is 9.47 Å². The Labute approximate surface area is 129 Å². The van der Waals surface area contributed by atoms with E-state index in [0.29, 0.717) is 5.56 Å². The zero-order chi connectivity index (χ0) is 16.6. The minimum atomic E-state index is -3.68. The van der Waals surface area contributed by atoms with E-state index < -0.39 is 21.8 Å². The Morgan fingerprint density at radius 1 is 1.05 bits per heavy atom. The molecule has 1 aromatic carbocycles. The first-order valence-electron chi connectivity index (χ1n) is 6.53. The van der Waals surface area contributed by atoms with Gasteiger partial charge in [0.25, 0.3) is 0 Å². The third-order valence-corrected chi connectivity index (χ3v) is 4.41. The predicted octanol–water partition coefficient (Wildman–Crippen LogP) is 1.61. The number of benzene rings is 1. The van der Waals surface area contributed by atoms with Gasteiger partial charge in [0.15, 0.2) is 9.84 Å². The van der Waals surface area contributed by atoms with Gasteiger partial charge in [-0.25, -0.2) is 8.42 Å². The van der Waals surface area contributed by atoms with Crippen molar-refractivity contribution in [2.45, 2.75) is 19.6 Å². The fraction of sp³-hybridized carbons (Fsp3) is 0.333. The number of ether oxygens (including phenoxy) is 2. The third-order valence-electron chi connectivity index (χ3n) is 2.61. The largest absolute Gasteiger partial charge is 0.462 e. The first-order chi connectivity index (χ1) is 10.3. The summed E-state index contributed by atoms with van der Waals surface area (Å²) >= 11 is 0. The van der Waals surface area contributed by atoms with Crippen LogP contribution in [0, 0.1) is 0 Å². The van der Waals surface area contributed by atoms with Crippen LogP contribution in [0.2, 0.25) is 0 Å². The van der Waals surface area contributed by atoms with Crippen molar-refractivity contribution in [2.75, 3.05) is 13.2 Å². The fourth-order valence-corrected chi connectivity index (χ4v) is 2.96. The van der Waals surface area contributed by atoms with Crippen LogP contribution in [0.25, 0.3) is 0 Å². The van der Waals surface area contributed by atoms with Gasteiger partial charge in [-0.3, -0.25) is 9.59 Å². The third kappa shape index (κ3) is 6.53. The molecule has 7 heteroatoms. The highest BCUT2D eigenvalue weighted by molar-refractivity contribution is 7.94. The number of hydrogen-bond donors (Lipinski definition) is 0. The Kier molecular flexibility index (Phi) is 6.78. The van der Waals surface area contributed by atoms with E-state index in [9.17, 15) is 18.0 Å². The number of rotatable bonds is 7. The molecule has 0 saturated carbocycles. The molecule has 0 spiro atoms. The number of carbonyl (C=O) groups excluding carboxylic acids is 2. The molecule has 0 atom stereocenters. The van der Waals surface area contributed by atoms with Crippen molar-refractivity contribution in [1.82, 2.24) is 0 Å². The van der Waals surface area contributed by atoms with Crippen LogP contribution in [0.1, 0.15) is 19.4 Å². The maximum atomic E-state index is 12.4. The summed E-state index contributed by atoms with van der Waals surface area (Å²) < 4.78 is 34.2. The molecule has 0 aliphatic heterocycles. The van der Waals surface area contributed by atoms with E-state index >= 15 is 0 Å². The van der Waals surface area contributed by atoms with E-state index in [1.54, 1.807) is 30.3 Å². The molecule has 0 bridgehead atoms. The molecule has 0 aromatic heterocycles. The fourth-order valence-electron chi connectivity index (χ4n) is 1.59. The summed E-state index contributed by atoms with van der Waals surface area (Å²) in [5, 5.41) is 0. The molecule has 120 valence electrons. The van der Waals surface area contributed by atoms with Crippen molar-refractivity contribution < 1.29 is 27.5 Å². The first-order valence-corrected chi connectivity index (χ1v) is 8.19. The Bertz CT molecular complexity index is 646. The van der Waals surface area contributed by atoms with Crippen LogP contribution < -0.4 is 0 Å². The summed E-state index contributed by atoms with van der Waals surface area (Å²) in [6.45, 7) is 1.83. The normalized spacial score (nSPS) is 11.8. The van der Waals surface area contributed by atoms with Gasteiger partial charge in [0.05, 0.1) is 10.7 Å². The molecule has 0 N–H and O–H groups in total. The Morgan fingerprint density at radius 2 is 1.64 bits per heavy atom. The highest BCUT2D eigenvalue weighted by Gasteiger charge is 2.19. The van der Waals surface area contributed by atoms with Gasteiger partial charge >= 0.3 is 11.9 Å². The van der Waals surface area contributed by atoms with Crippen LogP contribution in [0.15, 0.2) is 41.3 Å². The lowest BCUT2D eigenvalue weighted by atomic mass is 10.2. The van der Waals surface area contributed by atoms with Gasteiger partial charge in [-0.1, -0.05) is 30.3 Å². The van der Waals surface area contributed by atoms with Crippen molar-refractivity contribution in [3.05, 3.63) is 46.9 Å². The molecule has 1 rings (SSSR count). The van der Waals surface area contributed by atoms with Gasteiger partial charge in [0.1, 0.15) is 13.2 Å². The van der Waals surface area contributed by atoms with Crippen LogP contribution in [0.4, 0.5) is 0 Å². The van der Waals surface area contributed by atoms with E-state index in [2.05, 4.69) is 0 Å². The van der Waals surface area contributed by atoms with Gasteiger partial charge in [-0.2, -0.15) is 0 Å². The first kappa shape index (κ1) is 17.9. The van der Waals surface area contributed by atoms with Crippen LogP contribution in [0.5, 0.6) is 0 Å². The highest BCUT2D eigenvalue weighted by Crippen LogP contribution is 2.15. The van der Waals surface area contributed by atoms with Crippen LogP contribution >= 0.6 is 0 Å². The summed E-state index contributed by atoms with van der Waals surface area (Å²) in [6, 6.07) is 8.63. The molecular formula is C15H18O6S. The summed E-state index contributed by atoms with van der Waals surface area (Å²) in [7, 11) is -3.68. The molecule has 0 amide bonds. The van der Waals surface area contributed by atoms with Crippen LogP contribution in [0.3, 0.4) is 0 Å². The Balaban J connectivity index is 2.91. The Hall–Kier alpha value is -2.15. The number of carbonyl (C=O) groups is 2. The summed E-state index contributed by atoms with van der Waals surface area (Å²) in [4.78, 5) is 21.5. The molecule has 0 fully saturated rings. The van der Waals surface area contributed by atoms with Crippen LogP contribution in [-0.2, 0) is 34.7 Å². The average molecular weight is 326 g/mol. The monoisotopic (exact) mass is 326 g/mol. The quantitative estimate of drug-likeness (QED) is 0.708. The molecule has 0 aliphatic rings. The second kappa shape index (κ2) is 8.33. The van der Waals surface area contributed by atoms with Crippen molar-refractivity contribution >= 4 is 21.8 Å². The standard InChI is InChI=1S/C15H18O6S/c1-12(16)20-9-8-15(10-21-13(2)17)22(18,19)11-14-6-4-3-5-7-14/h3-8H,9-11H2,1-2H3. The lowest BCUT2D eigenvalue weighted by Gasteiger charge is -2.10. The predicted molar refractivity (Wildman–Crippen MR) is 80.4 cm³/mol. The maximum absolute atomic E-state index is 12.4. The van der Waals surface area contributed by atoms with Gasteiger partial charge in [0, 0.05) is 13.8 Å². The molecule has 0 unspecified atom stereocenters. The van der Waals surface area contributed by atoms with Crippen molar-refractivity contribution in [3.8, 4) is 0 Å². The van der Waals surface area contributed by atoms with E-state index in [1.165, 1.54) is 19.9 Å². The lowest BCUT2D eigenvalue weighted by molar-refractivity contribution is -0.141. The number of esters is 2. The van der Waals surface area contributed by atoms with E-state index in [1.807, 2.05) is 0 Å². The molecule has 0 saturated heterocycles. The SMILES string of the molecule is CC(=O)OCC=C(COC(C)=O)S(=O)(=O)Cc1ccccc1. The topological polar surface area (TPSA) is 86.7 Å². The maximum Gasteiger partial charge on any atom is 0.302 e. The van der Waals surface area contributed by atoms with Crippen molar-refractivity contribution in [3.63, 3.8) is 0 Å². The van der Waals surface area contributed by atoms with Gasteiger partial charge in [-0.15, -0.1) is 0 Å². The van der Waals surface area contributed by atoms with Crippen molar-refractivity contribution in [1.29, 1.82) is 0 Å². The minimum Gasteiger partial charge on any atom is -0.462 e. The molecule has 22 heavy (non-hydrogen) atoms. The number of hydrogen-bond acceptors (Lipinski definition) is 6. The summed E-state index contributed by atoms with van der Waals surface area (Å²) in [5.74, 6) is -1.34. The summed E-state index contributed by atoms with van der Waals surface area (Å²) in [6.07, 6.45) is 1.24. The van der Waals surface area contributed by atoms with Gasteiger partial charge in [-0.05, 0) is 11.6 Å². The van der Waals surface area contributed by atoms with Crippen LogP contribution in [-0.4, -0.2) is 33.6 Å². The smallest absolute Gasteiger partial charge is 0.302 e. The Morgan fingerprint density at radius 3 is 2.18 bits per heavy atom. The molecular weight excluding hydrogens is 308 g/mol. The van der Waals surface area contributed by atoms with Crippen molar-refractivity contribution in [2.24, 2.45) is 0 Å². The number of sulfone groups is 1. The molecule has 6 nitrogen and oxygen atoms in total. The van der Waals surface area contributed by atoms with Gasteiger partial charge in [0.2, 0.25) is 0 Å². The zero-order valence-electron chi connectivity index (χ0n) is 12.4. The summed E-state index contributed by atoms with van der Waals surface area (Å²) in [5.41, 5.74) is 0.615. The highest BCUT2D eigenvalue weighted by atomic mass is 32.2.